The molecule has 104 valence electrons. The topological polar surface area (TPSA) is 66.4 Å². The van der Waals surface area contributed by atoms with Gasteiger partial charge in [-0.25, -0.2) is 4.79 Å². The minimum Gasteiger partial charge on any atom is -0.480 e. The number of nitrogens with one attached hydrogen (secondary N) is 1. The van der Waals surface area contributed by atoms with Gasteiger partial charge < -0.3 is 10.4 Å². The van der Waals surface area contributed by atoms with Crippen molar-refractivity contribution in [3.05, 3.63) is 0 Å². The van der Waals surface area contributed by atoms with E-state index in [1.807, 2.05) is 13.8 Å². The molecule has 4 nitrogen and oxygen atoms in total. The van der Waals surface area contributed by atoms with Crippen LogP contribution in [0, 0.1) is 11.8 Å². The maximum atomic E-state index is 12.1. The van der Waals surface area contributed by atoms with Crippen molar-refractivity contribution in [2.45, 2.75) is 64.8 Å². The van der Waals surface area contributed by atoms with E-state index in [4.69, 9.17) is 5.11 Å². The van der Waals surface area contributed by atoms with E-state index in [1.165, 1.54) is 12.8 Å². The van der Waals surface area contributed by atoms with Gasteiger partial charge in [-0.05, 0) is 18.8 Å². The van der Waals surface area contributed by atoms with Gasteiger partial charge in [0.05, 0.1) is 0 Å². The number of carboxylic acids is 1. The number of carbonyl (C=O) groups is 2. The number of aliphatic carboxylic acids is 1. The van der Waals surface area contributed by atoms with Crippen LogP contribution < -0.4 is 5.32 Å². The molecule has 0 saturated heterocycles. The second-order valence-corrected chi connectivity index (χ2v) is 5.40. The molecule has 0 heterocycles. The molecule has 1 unspecified atom stereocenters. The molecule has 0 aliphatic heterocycles. The first kappa shape index (κ1) is 15.0. The molecule has 4 heteroatoms. The molecule has 0 aromatic rings. The molecule has 0 aromatic carbocycles. The van der Waals surface area contributed by atoms with Crippen LogP contribution >= 0.6 is 0 Å². The predicted octanol–water partition coefficient (Wildman–Crippen LogP) is 2.57. The molecule has 1 amide bonds. The Labute approximate surface area is 109 Å². The van der Waals surface area contributed by atoms with Crippen LogP contribution in [0.3, 0.4) is 0 Å². The van der Waals surface area contributed by atoms with Crippen molar-refractivity contribution < 1.29 is 14.7 Å². The number of hydrogen-bond acceptors (Lipinski definition) is 2. The molecule has 0 spiro atoms. The minimum atomic E-state index is -0.925. The smallest absolute Gasteiger partial charge is 0.326 e. The Balaban J connectivity index is 2.56. The lowest BCUT2D eigenvalue weighted by atomic mass is 9.95. The predicted molar refractivity (Wildman–Crippen MR) is 70.2 cm³/mol. The summed E-state index contributed by atoms with van der Waals surface area (Å²) < 4.78 is 0. The summed E-state index contributed by atoms with van der Waals surface area (Å²) in [5, 5.41) is 11.9. The van der Waals surface area contributed by atoms with E-state index < -0.39 is 12.0 Å². The van der Waals surface area contributed by atoms with Crippen LogP contribution in [0.2, 0.25) is 0 Å². The van der Waals surface area contributed by atoms with E-state index in [2.05, 4.69) is 5.32 Å². The molecule has 1 aliphatic rings. The molecular weight excluding hydrogens is 230 g/mol. The summed E-state index contributed by atoms with van der Waals surface area (Å²) in [7, 11) is 0. The number of amides is 1. The SMILES string of the molecule is CCC(C)[C@H](NC(=O)C1CCCCCC1)C(=O)O. The van der Waals surface area contributed by atoms with Crippen LogP contribution in [0.25, 0.3) is 0 Å². The molecule has 0 bridgehead atoms. The highest BCUT2D eigenvalue weighted by Crippen LogP contribution is 2.23. The molecule has 1 rings (SSSR count). The van der Waals surface area contributed by atoms with Gasteiger partial charge in [0.25, 0.3) is 0 Å². The van der Waals surface area contributed by atoms with E-state index in [-0.39, 0.29) is 17.7 Å². The lowest BCUT2D eigenvalue weighted by molar-refractivity contribution is -0.144. The Bertz CT molecular complexity index is 283. The number of rotatable bonds is 5. The van der Waals surface area contributed by atoms with Crippen molar-refractivity contribution in [2.24, 2.45) is 11.8 Å². The van der Waals surface area contributed by atoms with Gasteiger partial charge in [0.1, 0.15) is 6.04 Å². The molecule has 0 radical (unpaired) electrons. The van der Waals surface area contributed by atoms with Crippen molar-refractivity contribution in [3.8, 4) is 0 Å². The lowest BCUT2D eigenvalue weighted by Crippen LogP contribution is -2.47. The second kappa shape index (κ2) is 7.39. The van der Waals surface area contributed by atoms with Gasteiger partial charge in [0.15, 0.2) is 0 Å². The van der Waals surface area contributed by atoms with Crippen molar-refractivity contribution in [1.82, 2.24) is 5.32 Å². The van der Waals surface area contributed by atoms with E-state index in [9.17, 15) is 9.59 Å². The molecule has 18 heavy (non-hydrogen) atoms. The molecule has 1 fully saturated rings. The maximum absolute atomic E-state index is 12.1. The zero-order chi connectivity index (χ0) is 13.5. The summed E-state index contributed by atoms with van der Waals surface area (Å²) in [5.41, 5.74) is 0. The lowest BCUT2D eigenvalue weighted by Gasteiger charge is -2.23. The first-order chi connectivity index (χ1) is 8.56. The largest absolute Gasteiger partial charge is 0.480 e. The van der Waals surface area contributed by atoms with E-state index in [1.54, 1.807) is 0 Å². The van der Waals surface area contributed by atoms with E-state index >= 15 is 0 Å². The Morgan fingerprint density at radius 3 is 2.22 bits per heavy atom. The fourth-order valence-electron chi connectivity index (χ4n) is 2.50. The van der Waals surface area contributed by atoms with Gasteiger partial charge in [0.2, 0.25) is 5.91 Å². The Hall–Kier alpha value is -1.06. The van der Waals surface area contributed by atoms with Gasteiger partial charge in [-0.2, -0.15) is 0 Å². The van der Waals surface area contributed by atoms with Crippen LogP contribution in [-0.4, -0.2) is 23.0 Å². The van der Waals surface area contributed by atoms with E-state index in [0.29, 0.717) is 0 Å². The molecule has 1 aliphatic carbocycles. The zero-order valence-electron chi connectivity index (χ0n) is 11.4. The zero-order valence-corrected chi connectivity index (χ0v) is 11.4. The Kier molecular flexibility index (Phi) is 6.16. The summed E-state index contributed by atoms with van der Waals surface area (Å²) in [5.74, 6) is -1.01. The third kappa shape index (κ3) is 4.31. The quantitative estimate of drug-likeness (QED) is 0.742. The highest BCUT2D eigenvalue weighted by atomic mass is 16.4. The van der Waals surface area contributed by atoms with E-state index in [0.717, 1.165) is 32.1 Å². The van der Waals surface area contributed by atoms with Gasteiger partial charge in [0, 0.05) is 5.92 Å². The van der Waals surface area contributed by atoms with Crippen molar-refractivity contribution in [3.63, 3.8) is 0 Å². The Morgan fingerprint density at radius 1 is 1.22 bits per heavy atom. The Morgan fingerprint density at radius 2 is 1.78 bits per heavy atom. The average Bonchev–Trinajstić information content (AvgIpc) is 2.63. The maximum Gasteiger partial charge on any atom is 0.326 e. The first-order valence-electron chi connectivity index (χ1n) is 7.09. The van der Waals surface area contributed by atoms with Gasteiger partial charge >= 0.3 is 5.97 Å². The standard InChI is InChI=1S/C14H25NO3/c1-3-10(2)12(14(17)18)15-13(16)11-8-6-4-5-7-9-11/h10-12H,3-9H2,1-2H3,(H,15,16)(H,17,18)/t10?,12-/m0/s1. The first-order valence-corrected chi connectivity index (χ1v) is 7.09. The van der Waals surface area contributed by atoms with Crippen LogP contribution in [0.4, 0.5) is 0 Å². The molecule has 2 atom stereocenters. The van der Waals surface area contributed by atoms with Crippen LogP contribution in [0.5, 0.6) is 0 Å². The third-order valence-electron chi connectivity index (χ3n) is 4.00. The molecule has 1 saturated carbocycles. The fourth-order valence-corrected chi connectivity index (χ4v) is 2.50. The minimum absolute atomic E-state index is 0.0124. The van der Waals surface area contributed by atoms with Gasteiger partial charge in [-0.1, -0.05) is 46.0 Å². The highest BCUT2D eigenvalue weighted by Gasteiger charge is 2.28. The van der Waals surface area contributed by atoms with Gasteiger partial charge in [-0.15, -0.1) is 0 Å². The summed E-state index contributed by atoms with van der Waals surface area (Å²) in [6.45, 7) is 3.81. The summed E-state index contributed by atoms with van der Waals surface area (Å²) in [6, 6.07) is -0.745. The number of hydrogen-bond donors (Lipinski definition) is 2. The van der Waals surface area contributed by atoms with Crippen molar-refractivity contribution in [1.29, 1.82) is 0 Å². The summed E-state index contributed by atoms with van der Waals surface area (Å²) in [4.78, 5) is 23.3. The van der Waals surface area contributed by atoms with Crippen LogP contribution in [0.15, 0.2) is 0 Å². The van der Waals surface area contributed by atoms with Gasteiger partial charge in [-0.3, -0.25) is 4.79 Å². The monoisotopic (exact) mass is 255 g/mol. The number of carbonyl (C=O) groups excluding carboxylic acids is 1. The summed E-state index contributed by atoms with van der Waals surface area (Å²) >= 11 is 0. The molecule has 0 aromatic heterocycles. The summed E-state index contributed by atoms with van der Waals surface area (Å²) in [6.07, 6.45) is 7.10. The normalized spacial score (nSPS) is 20.8. The highest BCUT2D eigenvalue weighted by molar-refractivity contribution is 5.85. The number of carboxylic acid groups (broad SMARTS) is 1. The third-order valence-corrected chi connectivity index (χ3v) is 4.00. The van der Waals surface area contributed by atoms with Crippen molar-refractivity contribution >= 4 is 11.9 Å². The molecular formula is C14H25NO3. The molecule has 2 N–H and O–H groups in total. The average molecular weight is 255 g/mol. The van der Waals surface area contributed by atoms with Crippen LogP contribution in [-0.2, 0) is 9.59 Å². The van der Waals surface area contributed by atoms with Crippen molar-refractivity contribution in [2.75, 3.05) is 0 Å². The fraction of sp³-hybridized carbons (Fsp3) is 0.857. The van der Waals surface area contributed by atoms with Crippen LogP contribution in [0.1, 0.15) is 58.8 Å². The second-order valence-electron chi connectivity index (χ2n) is 5.40.